The second-order valence-electron chi connectivity index (χ2n) is 7.16. The summed E-state index contributed by atoms with van der Waals surface area (Å²) in [5.74, 6) is -0.624. The zero-order chi connectivity index (χ0) is 21.1. The number of ether oxygens (including phenoxy) is 1. The first kappa shape index (κ1) is 21.0. The van der Waals surface area contributed by atoms with Gasteiger partial charge in [0, 0.05) is 37.4 Å². The van der Waals surface area contributed by atoms with Crippen LogP contribution < -0.4 is 5.32 Å². The van der Waals surface area contributed by atoms with Gasteiger partial charge >= 0.3 is 0 Å². The van der Waals surface area contributed by atoms with Crippen LogP contribution in [0.3, 0.4) is 0 Å². The monoisotopic (exact) mass is 449 g/mol. The maximum atomic E-state index is 12.9. The Kier molecular flexibility index (Phi) is 6.19. The Morgan fingerprint density at radius 2 is 1.77 bits per heavy atom. The molecule has 0 radical (unpaired) electrons. The van der Waals surface area contributed by atoms with E-state index < -0.39 is 15.9 Å². The molecule has 3 heterocycles. The minimum absolute atomic E-state index is 0.0347. The Bertz CT molecular complexity index is 1040. The second-order valence-corrected chi connectivity index (χ2v) is 9.99. The molecule has 0 aliphatic carbocycles. The van der Waals surface area contributed by atoms with E-state index >= 15 is 0 Å². The Morgan fingerprint density at radius 3 is 2.50 bits per heavy atom. The lowest BCUT2D eigenvalue weighted by Gasteiger charge is -2.27. The van der Waals surface area contributed by atoms with E-state index in [0.717, 1.165) is 24.2 Å². The maximum absolute atomic E-state index is 12.9. The molecule has 10 heteroatoms. The van der Waals surface area contributed by atoms with E-state index in [4.69, 9.17) is 4.74 Å². The van der Waals surface area contributed by atoms with Crippen LogP contribution in [0.15, 0.2) is 40.6 Å². The van der Waals surface area contributed by atoms with Crippen molar-refractivity contribution in [2.45, 2.75) is 17.7 Å². The van der Waals surface area contributed by atoms with Crippen LogP contribution in [0.2, 0.25) is 0 Å². The fourth-order valence-electron chi connectivity index (χ4n) is 3.60. The third kappa shape index (κ3) is 4.27. The molecule has 1 N–H and O–H groups in total. The third-order valence-electron chi connectivity index (χ3n) is 5.18. The van der Waals surface area contributed by atoms with Crippen molar-refractivity contribution in [3.05, 3.63) is 46.2 Å². The third-order valence-corrected chi connectivity index (χ3v) is 8.17. The van der Waals surface area contributed by atoms with Gasteiger partial charge in [0.2, 0.25) is 10.0 Å². The summed E-state index contributed by atoms with van der Waals surface area (Å²) >= 11 is 1.09. The van der Waals surface area contributed by atoms with Crippen molar-refractivity contribution >= 4 is 38.9 Å². The molecule has 0 bridgehead atoms. The average Bonchev–Trinajstić information content (AvgIpc) is 3.47. The number of thiophene rings is 1. The number of carbonyl (C=O) groups is 2. The predicted molar refractivity (Wildman–Crippen MR) is 113 cm³/mol. The van der Waals surface area contributed by atoms with E-state index in [1.165, 1.54) is 10.4 Å². The van der Waals surface area contributed by atoms with Gasteiger partial charge in [0.15, 0.2) is 0 Å². The first-order valence-corrected chi connectivity index (χ1v) is 12.1. The fourth-order valence-corrected chi connectivity index (χ4v) is 6.41. The lowest BCUT2D eigenvalue weighted by molar-refractivity contribution is 0.0303. The van der Waals surface area contributed by atoms with Crippen LogP contribution in [0.5, 0.6) is 0 Å². The molecule has 0 unspecified atom stereocenters. The Hall–Kier alpha value is -2.27. The van der Waals surface area contributed by atoms with Crippen molar-refractivity contribution in [2.24, 2.45) is 0 Å². The Balaban J connectivity index is 1.51. The number of nitrogens with one attached hydrogen (secondary N) is 1. The molecule has 4 rings (SSSR count). The van der Waals surface area contributed by atoms with Crippen LogP contribution in [0, 0.1) is 0 Å². The maximum Gasteiger partial charge on any atom is 0.267 e. The minimum atomic E-state index is -3.69. The molecule has 160 valence electrons. The molecule has 2 aliphatic rings. The van der Waals surface area contributed by atoms with Crippen molar-refractivity contribution in [3.63, 3.8) is 0 Å². The summed E-state index contributed by atoms with van der Waals surface area (Å²) in [5, 5.41) is 4.35. The zero-order valence-corrected chi connectivity index (χ0v) is 18.0. The van der Waals surface area contributed by atoms with Gasteiger partial charge in [-0.2, -0.15) is 4.31 Å². The van der Waals surface area contributed by atoms with Crippen LogP contribution in [0.4, 0.5) is 5.69 Å². The number of anilines is 1. The van der Waals surface area contributed by atoms with E-state index in [-0.39, 0.29) is 15.7 Å². The summed E-state index contributed by atoms with van der Waals surface area (Å²) in [6.07, 6.45) is 1.66. The number of hydrogen-bond acceptors (Lipinski definition) is 6. The highest BCUT2D eigenvalue weighted by Gasteiger charge is 2.32. The molecule has 2 aliphatic heterocycles. The summed E-state index contributed by atoms with van der Waals surface area (Å²) < 4.78 is 32.5. The van der Waals surface area contributed by atoms with E-state index in [0.29, 0.717) is 50.6 Å². The number of hydrogen-bond donors (Lipinski definition) is 1. The van der Waals surface area contributed by atoms with E-state index in [1.807, 2.05) is 0 Å². The van der Waals surface area contributed by atoms with Crippen molar-refractivity contribution in [2.75, 3.05) is 44.7 Å². The van der Waals surface area contributed by atoms with Crippen molar-refractivity contribution in [3.8, 4) is 0 Å². The summed E-state index contributed by atoms with van der Waals surface area (Å²) in [6, 6.07) is 8.15. The number of rotatable bonds is 5. The molecule has 2 aromatic rings. The molecule has 0 saturated carbocycles. The molecule has 8 nitrogen and oxygen atoms in total. The average molecular weight is 450 g/mol. The van der Waals surface area contributed by atoms with Crippen LogP contribution in [-0.2, 0) is 14.8 Å². The number of nitrogens with zero attached hydrogens (tertiary/aromatic N) is 2. The first-order chi connectivity index (χ1) is 14.5. The fraction of sp³-hybridized carbons (Fsp3) is 0.400. The van der Waals surface area contributed by atoms with Crippen molar-refractivity contribution in [1.29, 1.82) is 0 Å². The van der Waals surface area contributed by atoms with Gasteiger partial charge in [-0.15, -0.1) is 11.3 Å². The smallest absolute Gasteiger partial charge is 0.267 e. The van der Waals surface area contributed by atoms with Gasteiger partial charge in [0.1, 0.15) is 9.77 Å². The molecule has 2 amide bonds. The Morgan fingerprint density at radius 1 is 1.03 bits per heavy atom. The quantitative estimate of drug-likeness (QED) is 0.755. The molecule has 0 spiro atoms. The number of amides is 2. The summed E-state index contributed by atoms with van der Waals surface area (Å²) in [6.45, 7) is 3.03. The van der Waals surface area contributed by atoms with Gasteiger partial charge in [-0.3, -0.25) is 9.59 Å². The van der Waals surface area contributed by atoms with Crippen molar-refractivity contribution < 1.29 is 22.7 Å². The molecule has 0 atom stereocenters. The van der Waals surface area contributed by atoms with E-state index in [1.54, 1.807) is 34.5 Å². The molecule has 30 heavy (non-hydrogen) atoms. The largest absolute Gasteiger partial charge is 0.378 e. The van der Waals surface area contributed by atoms with Crippen LogP contribution in [0.25, 0.3) is 0 Å². The number of sulfonamides is 1. The standard InChI is InChI=1S/C20H23N3O5S2/c24-19(18-17(6-13-29-18)30(26,27)23-7-1-2-8-23)21-16-5-3-4-15(14-16)20(25)22-9-11-28-12-10-22/h3-6,13-14H,1-2,7-12H2,(H,21,24). The molecule has 1 aromatic heterocycles. The second kappa shape index (κ2) is 8.84. The van der Waals surface area contributed by atoms with E-state index in [2.05, 4.69) is 5.32 Å². The van der Waals surface area contributed by atoms with Gasteiger partial charge in [0.05, 0.1) is 13.2 Å². The number of morpholine rings is 1. The molecule has 1 aromatic carbocycles. The predicted octanol–water partition coefficient (Wildman–Crippen LogP) is 2.26. The minimum Gasteiger partial charge on any atom is -0.378 e. The van der Waals surface area contributed by atoms with Gasteiger partial charge < -0.3 is 15.0 Å². The Labute approximate surface area is 179 Å². The van der Waals surface area contributed by atoms with Crippen LogP contribution in [0.1, 0.15) is 32.9 Å². The zero-order valence-electron chi connectivity index (χ0n) is 16.4. The number of benzene rings is 1. The molecular weight excluding hydrogens is 426 g/mol. The molecular formula is C20H23N3O5S2. The highest BCUT2D eigenvalue weighted by atomic mass is 32.2. The van der Waals surface area contributed by atoms with Gasteiger partial charge in [-0.1, -0.05) is 6.07 Å². The highest BCUT2D eigenvalue weighted by Crippen LogP contribution is 2.28. The summed E-state index contributed by atoms with van der Waals surface area (Å²) in [5.41, 5.74) is 0.905. The van der Waals surface area contributed by atoms with E-state index in [9.17, 15) is 18.0 Å². The topological polar surface area (TPSA) is 96.0 Å². The van der Waals surface area contributed by atoms with Crippen molar-refractivity contribution in [1.82, 2.24) is 9.21 Å². The molecule has 2 saturated heterocycles. The first-order valence-electron chi connectivity index (χ1n) is 9.83. The normalized spacial score (nSPS) is 17.8. The van der Waals surface area contributed by atoms with Gasteiger partial charge in [-0.25, -0.2) is 8.42 Å². The lowest BCUT2D eigenvalue weighted by atomic mass is 10.1. The summed E-state index contributed by atoms with van der Waals surface area (Å²) in [7, 11) is -3.69. The van der Waals surface area contributed by atoms with Crippen LogP contribution >= 0.6 is 11.3 Å². The van der Waals surface area contributed by atoms with Gasteiger partial charge in [0.25, 0.3) is 11.8 Å². The SMILES string of the molecule is O=C(Nc1cccc(C(=O)N2CCOCC2)c1)c1sccc1S(=O)(=O)N1CCCC1. The lowest BCUT2D eigenvalue weighted by Crippen LogP contribution is -2.40. The van der Waals surface area contributed by atoms with Gasteiger partial charge in [-0.05, 0) is 42.5 Å². The summed E-state index contributed by atoms with van der Waals surface area (Å²) in [4.78, 5) is 27.4. The van der Waals surface area contributed by atoms with Crippen LogP contribution in [-0.4, -0.2) is 68.8 Å². The highest BCUT2D eigenvalue weighted by molar-refractivity contribution is 7.89. The molecule has 2 fully saturated rings. The number of carbonyl (C=O) groups excluding carboxylic acids is 2.